The van der Waals surface area contributed by atoms with Crippen molar-refractivity contribution in [2.45, 2.75) is 13.2 Å². The number of nitrogens with two attached hydrogens (primary N) is 1. The van der Waals surface area contributed by atoms with Crippen LogP contribution in [0.1, 0.15) is 11.1 Å². The number of nitrogens with zero attached hydrogens (tertiary/aromatic N) is 3. The minimum absolute atomic E-state index is 0.149. The van der Waals surface area contributed by atoms with Gasteiger partial charge in [-0.25, -0.2) is 13.8 Å². The summed E-state index contributed by atoms with van der Waals surface area (Å²) in [4.78, 5) is 8.62. The molecule has 2 aliphatic rings. The van der Waals surface area contributed by atoms with Crippen LogP contribution in [0, 0.1) is 11.6 Å². The van der Waals surface area contributed by atoms with Gasteiger partial charge in [-0.15, -0.1) is 0 Å². The van der Waals surface area contributed by atoms with Crippen molar-refractivity contribution >= 4 is 11.6 Å². The molecule has 2 aromatic rings. The Hall–Kier alpha value is -2.87. The smallest absolute Gasteiger partial charge is 0.191 e. The lowest BCUT2D eigenvalue weighted by molar-refractivity contribution is -0.0172. The summed E-state index contributed by atoms with van der Waals surface area (Å²) in [6.45, 7) is 3.65. The molecule has 2 aliphatic heterocycles. The van der Waals surface area contributed by atoms with Crippen molar-refractivity contribution in [1.82, 2.24) is 4.90 Å². The van der Waals surface area contributed by atoms with E-state index in [9.17, 15) is 8.78 Å². The van der Waals surface area contributed by atoms with Gasteiger partial charge in [-0.2, -0.15) is 0 Å². The van der Waals surface area contributed by atoms with Gasteiger partial charge in [0.25, 0.3) is 0 Å². The third-order valence-corrected chi connectivity index (χ3v) is 4.96. The first kappa shape index (κ1) is 18.5. The quantitative estimate of drug-likeness (QED) is 0.647. The van der Waals surface area contributed by atoms with Crippen LogP contribution in [-0.4, -0.2) is 43.8 Å². The molecule has 0 saturated carbocycles. The summed E-state index contributed by atoms with van der Waals surface area (Å²) in [7, 11) is 0. The molecule has 4 rings (SSSR count). The summed E-state index contributed by atoms with van der Waals surface area (Å²) in [5.41, 5.74) is 8.49. The van der Waals surface area contributed by atoms with Crippen molar-refractivity contribution in [1.29, 1.82) is 0 Å². The number of hydrogen-bond acceptors (Lipinski definition) is 4. The highest BCUT2D eigenvalue weighted by molar-refractivity contribution is 5.78. The van der Waals surface area contributed by atoms with Gasteiger partial charge < -0.3 is 25.0 Å². The Kier molecular flexibility index (Phi) is 5.29. The van der Waals surface area contributed by atoms with E-state index in [2.05, 4.69) is 9.89 Å². The predicted octanol–water partition coefficient (Wildman–Crippen LogP) is 2.47. The van der Waals surface area contributed by atoms with Gasteiger partial charge in [0.05, 0.1) is 13.2 Å². The Morgan fingerprint density at radius 2 is 1.79 bits per heavy atom. The fourth-order valence-corrected chi connectivity index (χ4v) is 3.49. The van der Waals surface area contributed by atoms with E-state index in [4.69, 9.17) is 15.2 Å². The van der Waals surface area contributed by atoms with E-state index in [-0.39, 0.29) is 25.0 Å². The summed E-state index contributed by atoms with van der Waals surface area (Å²) in [5, 5.41) is 0. The standard InChI is InChI=1S/C20H22F2N4O2/c21-16-1-3-18(4-2-16)25-5-7-26(8-6-25)20(23)24-11-14-9-17(22)10-15-12-27-13-28-19(14)15/h1-4,9-10H,5-8,11-13H2,(H2,23,24). The number of fused-ring (bicyclic) bond motifs is 1. The first-order chi connectivity index (χ1) is 13.6. The van der Waals surface area contributed by atoms with Crippen molar-refractivity contribution in [3.63, 3.8) is 0 Å². The van der Waals surface area contributed by atoms with Crippen LogP contribution < -0.4 is 15.4 Å². The third-order valence-electron chi connectivity index (χ3n) is 4.96. The molecule has 0 aliphatic carbocycles. The van der Waals surface area contributed by atoms with Crippen LogP contribution in [0.5, 0.6) is 5.75 Å². The highest BCUT2D eigenvalue weighted by atomic mass is 19.1. The molecule has 0 unspecified atom stereocenters. The van der Waals surface area contributed by atoms with E-state index in [1.54, 1.807) is 12.1 Å². The SMILES string of the molecule is NC(=NCc1cc(F)cc2c1OCOC2)N1CCN(c2ccc(F)cc2)CC1. The largest absolute Gasteiger partial charge is 0.467 e. The van der Waals surface area contributed by atoms with Gasteiger partial charge in [0.15, 0.2) is 12.8 Å². The van der Waals surface area contributed by atoms with Gasteiger partial charge >= 0.3 is 0 Å². The van der Waals surface area contributed by atoms with E-state index >= 15 is 0 Å². The van der Waals surface area contributed by atoms with E-state index in [1.165, 1.54) is 24.3 Å². The van der Waals surface area contributed by atoms with Crippen molar-refractivity contribution in [3.05, 3.63) is 59.2 Å². The number of aliphatic imine (C=N–C) groups is 1. The third kappa shape index (κ3) is 4.01. The van der Waals surface area contributed by atoms with Crippen molar-refractivity contribution in [2.24, 2.45) is 10.7 Å². The molecule has 2 heterocycles. The molecule has 0 atom stereocenters. The van der Waals surface area contributed by atoms with Gasteiger partial charge in [0.1, 0.15) is 17.4 Å². The molecular weight excluding hydrogens is 366 g/mol. The minimum Gasteiger partial charge on any atom is -0.467 e. The first-order valence-corrected chi connectivity index (χ1v) is 9.17. The lowest BCUT2D eigenvalue weighted by Gasteiger charge is -2.36. The second-order valence-corrected chi connectivity index (χ2v) is 6.79. The number of hydrogen-bond donors (Lipinski definition) is 1. The van der Waals surface area contributed by atoms with Crippen LogP contribution in [0.4, 0.5) is 14.5 Å². The minimum atomic E-state index is -0.343. The maximum Gasteiger partial charge on any atom is 0.191 e. The van der Waals surface area contributed by atoms with Crippen LogP contribution in [0.25, 0.3) is 0 Å². The summed E-state index contributed by atoms with van der Waals surface area (Å²) >= 11 is 0. The van der Waals surface area contributed by atoms with E-state index in [1.807, 2.05) is 4.90 Å². The number of rotatable bonds is 3. The number of benzene rings is 2. The Bertz CT molecular complexity index is 865. The highest BCUT2D eigenvalue weighted by Gasteiger charge is 2.20. The molecule has 148 valence electrons. The maximum absolute atomic E-state index is 13.8. The zero-order valence-corrected chi connectivity index (χ0v) is 15.4. The second-order valence-electron chi connectivity index (χ2n) is 6.79. The second kappa shape index (κ2) is 8.02. The number of piperazine rings is 1. The van der Waals surface area contributed by atoms with E-state index in [0.717, 1.165) is 18.8 Å². The zero-order valence-electron chi connectivity index (χ0n) is 15.4. The molecular formula is C20H22F2N4O2. The Labute approximate surface area is 162 Å². The van der Waals surface area contributed by atoms with Crippen LogP contribution in [0.15, 0.2) is 41.4 Å². The summed E-state index contributed by atoms with van der Waals surface area (Å²) in [5.74, 6) is 0.465. The summed E-state index contributed by atoms with van der Waals surface area (Å²) in [6, 6.07) is 9.32. The molecule has 28 heavy (non-hydrogen) atoms. The number of anilines is 1. The maximum atomic E-state index is 13.8. The molecule has 2 N–H and O–H groups in total. The van der Waals surface area contributed by atoms with Gasteiger partial charge in [-0.3, -0.25) is 0 Å². The van der Waals surface area contributed by atoms with Gasteiger partial charge in [0, 0.05) is 43.0 Å². The molecule has 1 saturated heterocycles. The van der Waals surface area contributed by atoms with Gasteiger partial charge in [-0.1, -0.05) is 0 Å². The van der Waals surface area contributed by atoms with Crippen LogP contribution in [0.2, 0.25) is 0 Å². The lowest BCUT2D eigenvalue weighted by atomic mass is 10.1. The molecule has 1 fully saturated rings. The normalized spacial score (nSPS) is 17.3. The van der Waals surface area contributed by atoms with Crippen molar-refractivity contribution in [2.75, 3.05) is 37.9 Å². The average Bonchev–Trinajstić information content (AvgIpc) is 2.72. The van der Waals surface area contributed by atoms with Gasteiger partial charge in [-0.05, 0) is 36.4 Å². The molecule has 0 aromatic heterocycles. The fourth-order valence-electron chi connectivity index (χ4n) is 3.49. The molecule has 0 amide bonds. The van der Waals surface area contributed by atoms with Crippen LogP contribution >= 0.6 is 0 Å². The first-order valence-electron chi connectivity index (χ1n) is 9.17. The topological polar surface area (TPSA) is 63.3 Å². The lowest BCUT2D eigenvalue weighted by Crippen LogP contribution is -2.51. The van der Waals surface area contributed by atoms with E-state index < -0.39 is 0 Å². The number of ether oxygens (including phenoxy) is 2. The fraction of sp³-hybridized carbons (Fsp3) is 0.350. The molecule has 0 bridgehead atoms. The summed E-state index contributed by atoms with van der Waals surface area (Å²) < 4.78 is 37.6. The van der Waals surface area contributed by atoms with Crippen LogP contribution in [0.3, 0.4) is 0 Å². The predicted molar refractivity (Wildman–Crippen MR) is 102 cm³/mol. The monoisotopic (exact) mass is 388 g/mol. The molecule has 0 spiro atoms. The summed E-state index contributed by atoms with van der Waals surface area (Å²) in [6.07, 6.45) is 0. The Balaban J connectivity index is 1.39. The Morgan fingerprint density at radius 3 is 2.54 bits per heavy atom. The van der Waals surface area contributed by atoms with Crippen molar-refractivity contribution < 1.29 is 18.3 Å². The average molecular weight is 388 g/mol. The number of halogens is 2. The number of guanidine groups is 1. The molecule has 0 radical (unpaired) electrons. The molecule has 8 heteroatoms. The Morgan fingerprint density at radius 1 is 1.04 bits per heavy atom. The zero-order chi connectivity index (χ0) is 19.5. The highest BCUT2D eigenvalue weighted by Crippen LogP contribution is 2.30. The van der Waals surface area contributed by atoms with Crippen LogP contribution in [-0.2, 0) is 17.9 Å². The van der Waals surface area contributed by atoms with Gasteiger partial charge in [0.2, 0.25) is 0 Å². The molecule has 2 aromatic carbocycles. The van der Waals surface area contributed by atoms with E-state index in [0.29, 0.717) is 42.5 Å². The molecule has 6 nitrogen and oxygen atoms in total. The van der Waals surface area contributed by atoms with Crippen molar-refractivity contribution in [3.8, 4) is 5.75 Å².